The van der Waals surface area contributed by atoms with Gasteiger partial charge in [-0.2, -0.15) is 5.10 Å². The molecule has 16 heavy (non-hydrogen) atoms. The molecule has 0 aromatic carbocycles. The van der Waals surface area contributed by atoms with E-state index in [9.17, 15) is 4.79 Å². The summed E-state index contributed by atoms with van der Waals surface area (Å²) in [6.07, 6.45) is 4.61. The third-order valence-electron chi connectivity index (χ3n) is 3.18. The summed E-state index contributed by atoms with van der Waals surface area (Å²) in [5, 5.41) is 12.6. The van der Waals surface area contributed by atoms with Gasteiger partial charge in [0.1, 0.15) is 0 Å². The van der Waals surface area contributed by atoms with E-state index in [0.29, 0.717) is 11.9 Å². The number of hydrogen-bond acceptors (Lipinski definition) is 2. The Kier molecular flexibility index (Phi) is 3.12. The zero-order valence-electron chi connectivity index (χ0n) is 9.76. The lowest BCUT2D eigenvalue weighted by Crippen LogP contribution is -2.36. The van der Waals surface area contributed by atoms with Crippen LogP contribution in [0.1, 0.15) is 36.9 Å². The molecule has 0 saturated heterocycles. The van der Waals surface area contributed by atoms with E-state index in [1.54, 1.807) is 0 Å². The number of aryl methyl sites for hydroxylation is 1. The average molecular weight is 222 g/mol. The van der Waals surface area contributed by atoms with E-state index in [0.717, 1.165) is 24.1 Å². The second-order valence-electron chi connectivity index (χ2n) is 4.40. The Morgan fingerprint density at radius 3 is 2.62 bits per heavy atom. The summed E-state index contributed by atoms with van der Waals surface area (Å²) >= 11 is 0. The SMILES string of the molecule is Cc1[nH]nc(NC(=O)NC2CCCC2)c1C. The Hall–Kier alpha value is -1.52. The van der Waals surface area contributed by atoms with Crippen LogP contribution in [-0.4, -0.2) is 22.3 Å². The lowest BCUT2D eigenvalue weighted by Gasteiger charge is -2.11. The molecule has 0 spiro atoms. The van der Waals surface area contributed by atoms with Crippen LogP contribution in [0.3, 0.4) is 0 Å². The fraction of sp³-hybridized carbons (Fsp3) is 0.636. The van der Waals surface area contributed by atoms with Gasteiger partial charge >= 0.3 is 6.03 Å². The Balaban J connectivity index is 1.89. The third kappa shape index (κ3) is 2.35. The van der Waals surface area contributed by atoms with Gasteiger partial charge in [-0.15, -0.1) is 0 Å². The predicted octanol–water partition coefficient (Wildman–Crippen LogP) is 2.09. The molecular formula is C11H18N4O. The van der Waals surface area contributed by atoms with Crippen molar-refractivity contribution in [1.82, 2.24) is 15.5 Å². The van der Waals surface area contributed by atoms with Crippen LogP contribution in [0.5, 0.6) is 0 Å². The molecule has 1 aliphatic carbocycles. The van der Waals surface area contributed by atoms with Crippen molar-refractivity contribution in [2.45, 2.75) is 45.6 Å². The van der Waals surface area contributed by atoms with Crippen LogP contribution in [0.4, 0.5) is 10.6 Å². The Bertz CT molecular complexity index is 379. The summed E-state index contributed by atoms with van der Waals surface area (Å²) < 4.78 is 0. The molecule has 88 valence electrons. The normalized spacial score (nSPS) is 16.4. The van der Waals surface area contributed by atoms with E-state index in [2.05, 4.69) is 20.8 Å². The zero-order chi connectivity index (χ0) is 11.5. The molecule has 1 aromatic heterocycles. The number of aromatic amines is 1. The lowest BCUT2D eigenvalue weighted by atomic mass is 10.2. The van der Waals surface area contributed by atoms with Gasteiger partial charge in [-0.3, -0.25) is 10.4 Å². The Morgan fingerprint density at radius 1 is 1.38 bits per heavy atom. The van der Waals surface area contributed by atoms with Gasteiger partial charge in [-0.25, -0.2) is 4.79 Å². The van der Waals surface area contributed by atoms with Gasteiger partial charge in [0.05, 0.1) is 0 Å². The molecule has 5 nitrogen and oxygen atoms in total. The zero-order valence-corrected chi connectivity index (χ0v) is 9.76. The molecular weight excluding hydrogens is 204 g/mol. The topological polar surface area (TPSA) is 69.8 Å². The van der Waals surface area contributed by atoms with Crippen LogP contribution < -0.4 is 10.6 Å². The molecule has 1 saturated carbocycles. The number of anilines is 1. The van der Waals surface area contributed by atoms with E-state index < -0.39 is 0 Å². The maximum Gasteiger partial charge on any atom is 0.320 e. The summed E-state index contributed by atoms with van der Waals surface area (Å²) in [6, 6.07) is 0.182. The molecule has 3 N–H and O–H groups in total. The largest absolute Gasteiger partial charge is 0.335 e. The van der Waals surface area contributed by atoms with Crippen molar-refractivity contribution in [1.29, 1.82) is 0 Å². The van der Waals surface area contributed by atoms with Crippen molar-refractivity contribution < 1.29 is 4.79 Å². The van der Waals surface area contributed by atoms with Gasteiger partial charge in [-0.1, -0.05) is 12.8 Å². The van der Waals surface area contributed by atoms with Gasteiger partial charge < -0.3 is 5.32 Å². The summed E-state index contributed by atoms with van der Waals surface area (Å²) in [7, 11) is 0. The first kappa shape index (κ1) is 11.0. The summed E-state index contributed by atoms with van der Waals surface area (Å²) in [5.74, 6) is 0.619. The lowest BCUT2D eigenvalue weighted by molar-refractivity contribution is 0.248. The minimum Gasteiger partial charge on any atom is -0.335 e. The predicted molar refractivity (Wildman–Crippen MR) is 62.5 cm³/mol. The molecule has 0 unspecified atom stereocenters. The van der Waals surface area contributed by atoms with Crippen LogP contribution in [-0.2, 0) is 0 Å². The number of H-pyrrole nitrogens is 1. The number of carbonyl (C=O) groups excluding carboxylic acids is 1. The first-order valence-electron chi connectivity index (χ1n) is 5.76. The highest BCUT2D eigenvalue weighted by Gasteiger charge is 2.17. The molecule has 2 amide bonds. The van der Waals surface area contributed by atoms with Crippen LogP contribution in [0.15, 0.2) is 0 Å². The highest BCUT2D eigenvalue weighted by molar-refractivity contribution is 5.89. The molecule has 1 heterocycles. The number of aromatic nitrogens is 2. The van der Waals surface area contributed by atoms with Crippen molar-refractivity contribution in [3.63, 3.8) is 0 Å². The minimum atomic E-state index is -0.151. The number of amides is 2. The smallest absolute Gasteiger partial charge is 0.320 e. The second kappa shape index (κ2) is 4.55. The number of nitrogens with one attached hydrogen (secondary N) is 3. The van der Waals surface area contributed by atoms with E-state index in [1.165, 1.54) is 12.8 Å². The standard InChI is InChI=1S/C11H18N4O/c1-7-8(2)14-15-10(7)13-11(16)12-9-5-3-4-6-9/h9H,3-6H2,1-2H3,(H3,12,13,14,15,16). The molecule has 0 atom stereocenters. The van der Waals surface area contributed by atoms with Crippen LogP contribution in [0.2, 0.25) is 0 Å². The van der Waals surface area contributed by atoms with Crippen molar-refractivity contribution in [2.24, 2.45) is 0 Å². The first-order valence-corrected chi connectivity index (χ1v) is 5.76. The van der Waals surface area contributed by atoms with Gasteiger partial charge in [0.2, 0.25) is 0 Å². The summed E-state index contributed by atoms with van der Waals surface area (Å²) in [6.45, 7) is 3.87. The highest BCUT2D eigenvalue weighted by Crippen LogP contribution is 2.18. The van der Waals surface area contributed by atoms with E-state index in [-0.39, 0.29) is 6.03 Å². The maximum atomic E-state index is 11.7. The molecule has 0 radical (unpaired) electrons. The fourth-order valence-corrected chi connectivity index (χ4v) is 2.01. The molecule has 1 aliphatic rings. The quantitative estimate of drug-likeness (QED) is 0.717. The van der Waals surface area contributed by atoms with Crippen molar-refractivity contribution in [2.75, 3.05) is 5.32 Å². The molecule has 1 aromatic rings. The molecule has 0 aliphatic heterocycles. The van der Waals surface area contributed by atoms with E-state index in [4.69, 9.17) is 0 Å². The van der Waals surface area contributed by atoms with Crippen LogP contribution in [0, 0.1) is 13.8 Å². The van der Waals surface area contributed by atoms with Gasteiger partial charge in [0, 0.05) is 17.3 Å². The van der Waals surface area contributed by atoms with Gasteiger partial charge in [0.15, 0.2) is 5.82 Å². The van der Waals surface area contributed by atoms with Gasteiger partial charge in [-0.05, 0) is 26.7 Å². The maximum absolute atomic E-state index is 11.7. The fourth-order valence-electron chi connectivity index (χ4n) is 2.01. The minimum absolute atomic E-state index is 0.151. The third-order valence-corrected chi connectivity index (χ3v) is 3.18. The summed E-state index contributed by atoms with van der Waals surface area (Å²) in [5.41, 5.74) is 1.97. The number of rotatable bonds is 2. The van der Waals surface area contributed by atoms with Crippen LogP contribution >= 0.6 is 0 Å². The summed E-state index contributed by atoms with van der Waals surface area (Å²) in [4.78, 5) is 11.7. The average Bonchev–Trinajstić information content (AvgIpc) is 2.83. The number of hydrogen-bond donors (Lipinski definition) is 3. The number of urea groups is 1. The monoisotopic (exact) mass is 222 g/mol. The number of nitrogens with zero attached hydrogens (tertiary/aromatic N) is 1. The Morgan fingerprint density at radius 2 is 2.06 bits per heavy atom. The highest BCUT2D eigenvalue weighted by atomic mass is 16.2. The first-order chi connectivity index (χ1) is 7.66. The van der Waals surface area contributed by atoms with Crippen molar-refractivity contribution >= 4 is 11.8 Å². The van der Waals surface area contributed by atoms with Gasteiger partial charge in [0.25, 0.3) is 0 Å². The van der Waals surface area contributed by atoms with Crippen molar-refractivity contribution in [3.8, 4) is 0 Å². The second-order valence-corrected chi connectivity index (χ2v) is 4.40. The molecule has 1 fully saturated rings. The molecule has 5 heteroatoms. The Labute approximate surface area is 95.0 Å². The molecule has 2 rings (SSSR count). The van der Waals surface area contributed by atoms with E-state index >= 15 is 0 Å². The van der Waals surface area contributed by atoms with E-state index in [1.807, 2.05) is 13.8 Å². The number of carbonyl (C=O) groups is 1. The van der Waals surface area contributed by atoms with Crippen molar-refractivity contribution in [3.05, 3.63) is 11.3 Å². The van der Waals surface area contributed by atoms with Crippen LogP contribution in [0.25, 0.3) is 0 Å². The molecule has 0 bridgehead atoms.